The Morgan fingerprint density at radius 2 is 1.61 bits per heavy atom. The lowest BCUT2D eigenvalue weighted by molar-refractivity contribution is 0.280. The van der Waals surface area contributed by atoms with Gasteiger partial charge in [-0.3, -0.25) is 0 Å². The third-order valence-corrected chi connectivity index (χ3v) is 12.1. The quantitative estimate of drug-likeness (QED) is 0.145. The number of hydrogen-bond acceptors (Lipinski definition) is 2. The van der Waals surface area contributed by atoms with E-state index in [2.05, 4.69) is 187 Å². The summed E-state index contributed by atoms with van der Waals surface area (Å²) < 4.78 is 6.55. The first-order valence-corrected chi connectivity index (χ1v) is 19.9. The molecule has 6 aromatic rings. The standard InChI is InChI=1S/C54H43NO/c1-3-4-23-52-37(2)47-33-32-46(36-53(47)56-52)55(45-29-26-40-34-39(24-25-41(40)35-45)38-15-7-5-8-16-38)44-30-27-43(28-31-44)54(42-17-9-6-10-18-42)50-21-13-11-19-48(50)49-20-12-14-22-51(49)54/h3-11,13-19,21-22,24-25,27,30,32-36,52H,2,12,20,23,26,29H2,1H3/b4-3-. The monoisotopic (exact) mass is 721 g/mol. The average molecular weight is 722 g/mol. The molecule has 0 saturated carbocycles. The van der Waals surface area contributed by atoms with Crippen molar-refractivity contribution in [3.63, 3.8) is 0 Å². The number of aryl methyl sites for hydroxylation is 1. The Hall–Kier alpha value is -6.56. The van der Waals surface area contributed by atoms with Gasteiger partial charge in [0.25, 0.3) is 0 Å². The van der Waals surface area contributed by atoms with Crippen LogP contribution in [-0.2, 0) is 11.8 Å². The van der Waals surface area contributed by atoms with Crippen LogP contribution in [-0.4, -0.2) is 6.10 Å². The minimum absolute atomic E-state index is 0.0554. The van der Waals surface area contributed by atoms with Crippen molar-refractivity contribution in [2.45, 2.75) is 50.5 Å². The summed E-state index contributed by atoms with van der Waals surface area (Å²) in [6.45, 7) is 6.48. The highest BCUT2D eigenvalue weighted by Gasteiger charge is 2.47. The number of anilines is 2. The molecule has 6 aromatic carbocycles. The van der Waals surface area contributed by atoms with E-state index < -0.39 is 5.41 Å². The number of hydrogen-bond donors (Lipinski definition) is 0. The Bertz CT molecular complexity index is 2610. The molecule has 0 radical (unpaired) electrons. The van der Waals surface area contributed by atoms with E-state index in [4.69, 9.17) is 4.74 Å². The van der Waals surface area contributed by atoms with Gasteiger partial charge in [-0.05, 0) is 125 Å². The molecule has 1 heterocycles. The van der Waals surface area contributed by atoms with E-state index in [1.165, 1.54) is 55.8 Å². The lowest BCUT2D eigenvalue weighted by Crippen LogP contribution is -2.29. The van der Waals surface area contributed by atoms with Gasteiger partial charge >= 0.3 is 0 Å². The summed E-state index contributed by atoms with van der Waals surface area (Å²) in [6.07, 6.45) is 16.0. The number of rotatable bonds is 8. The van der Waals surface area contributed by atoms with Crippen molar-refractivity contribution in [1.82, 2.24) is 0 Å². The van der Waals surface area contributed by atoms with Gasteiger partial charge in [0, 0.05) is 29.3 Å². The maximum absolute atomic E-state index is 6.55. The molecule has 2 atom stereocenters. The van der Waals surface area contributed by atoms with E-state index in [0.29, 0.717) is 0 Å². The van der Waals surface area contributed by atoms with Crippen LogP contribution in [0.25, 0.3) is 28.3 Å². The fourth-order valence-electron chi connectivity index (χ4n) is 9.47. The van der Waals surface area contributed by atoms with Gasteiger partial charge in [0.15, 0.2) is 0 Å². The second kappa shape index (κ2) is 13.9. The predicted molar refractivity (Wildman–Crippen MR) is 232 cm³/mol. The average Bonchev–Trinajstić information content (AvgIpc) is 3.75. The summed E-state index contributed by atoms with van der Waals surface area (Å²) >= 11 is 0. The van der Waals surface area contributed by atoms with Crippen LogP contribution in [0.5, 0.6) is 5.75 Å². The van der Waals surface area contributed by atoms with Crippen LogP contribution in [0.1, 0.15) is 71.6 Å². The summed E-state index contributed by atoms with van der Waals surface area (Å²) in [7, 11) is 0. The van der Waals surface area contributed by atoms with Crippen molar-refractivity contribution >= 4 is 28.6 Å². The van der Waals surface area contributed by atoms with Crippen molar-refractivity contribution in [2.75, 3.05) is 4.90 Å². The van der Waals surface area contributed by atoms with Gasteiger partial charge in [-0.2, -0.15) is 0 Å². The molecule has 10 rings (SSSR count). The van der Waals surface area contributed by atoms with Crippen LogP contribution in [0.4, 0.5) is 11.4 Å². The lowest BCUT2D eigenvalue weighted by Gasteiger charge is -2.34. The zero-order valence-electron chi connectivity index (χ0n) is 31.8. The van der Waals surface area contributed by atoms with Gasteiger partial charge in [-0.25, -0.2) is 0 Å². The van der Waals surface area contributed by atoms with E-state index in [9.17, 15) is 0 Å². The number of benzene rings is 5. The summed E-state index contributed by atoms with van der Waals surface area (Å²) in [5.41, 5.74) is 17.8. The van der Waals surface area contributed by atoms with Gasteiger partial charge in [-0.15, -0.1) is 0 Å². The van der Waals surface area contributed by atoms with Crippen LogP contribution in [0, 0.1) is 12.1 Å². The Balaban J connectivity index is 1.10. The Morgan fingerprint density at radius 3 is 2.43 bits per heavy atom. The number of ether oxygens (including phenoxy) is 1. The summed E-state index contributed by atoms with van der Waals surface area (Å²) in [4.78, 5) is 2.36. The summed E-state index contributed by atoms with van der Waals surface area (Å²) in [5.74, 6) is 0.881. The normalized spacial score (nSPS) is 19.1. The molecule has 0 N–H and O–H groups in total. The van der Waals surface area contributed by atoms with Crippen molar-refractivity contribution < 1.29 is 4.74 Å². The highest BCUT2D eigenvalue weighted by Crippen LogP contribution is 2.56. The third kappa shape index (κ3) is 5.50. The van der Waals surface area contributed by atoms with E-state index >= 15 is 0 Å². The molecule has 2 unspecified atom stereocenters. The molecule has 0 saturated heterocycles. The first-order chi connectivity index (χ1) is 27.6. The molecule has 2 heteroatoms. The zero-order valence-corrected chi connectivity index (χ0v) is 31.8. The molecule has 0 amide bonds. The Labute approximate surface area is 331 Å². The van der Waals surface area contributed by atoms with Gasteiger partial charge in [0.2, 0.25) is 0 Å². The molecular weight excluding hydrogens is 679 g/mol. The number of nitrogens with zero attached hydrogens (tertiary/aromatic N) is 1. The molecule has 270 valence electrons. The van der Waals surface area contributed by atoms with Crippen LogP contribution in [0.15, 0.2) is 176 Å². The molecule has 3 aliphatic carbocycles. The summed E-state index contributed by atoms with van der Waals surface area (Å²) in [6, 6.07) is 56.2. The van der Waals surface area contributed by atoms with E-state index in [1.807, 2.05) is 6.92 Å². The van der Waals surface area contributed by atoms with Gasteiger partial charge in [-0.1, -0.05) is 140 Å². The maximum atomic E-state index is 6.55. The first kappa shape index (κ1) is 34.0. The second-order valence-electron chi connectivity index (χ2n) is 15.2. The van der Waals surface area contributed by atoms with Crippen LogP contribution in [0.3, 0.4) is 0 Å². The predicted octanol–water partition coefficient (Wildman–Crippen LogP) is 13.3. The molecule has 1 aliphatic heterocycles. The van der Waals surface area contributed by atoms with Crippen molar-refractivity contribution in [1.29, 1.82) is 0 Å². The van der Waals surface area contributed by atoms with Crippen molar-refractivity contribution in [3.05, 3.63) is 227 Å². The van der Waals surface area contributed by atoms with Crippen LogP contribution in [0.2, 0.25) is 0 Å². The highest BCUT2D eigenvalue weighted by molar-refractivity contribution is 5.88. The molecule has 0 spiro atoms. The molecular formula is C54H43NO. The SMILES string of the molecule is C=C1c2ccc(N(C3=Cc4ccc(-c5ccccc5)cc4CC3)c3c#cc(C4(c5ccccc5)C5=C(CCC=C5)c5ccccc54)cc3)cc2OC1C/C=C\C. The number of allylic oxidation sites excluding steroid dienone is 6. The molecule has 0 fully saturated rings. The molecule has 56 heavy (non-hydrogen) atoms. The molecule has 2 nitrogen and oxygen atoms in total. The Kier molecular flexibility index (Phi) is 8.45. The molecule has 0 bridgehead atoms. The number of fused-ring (bicyclic) bond motifs is 4. The van der Waals surface area contributed by atoms with E-state index in [0.717, 1.165) is 65.9 Å². The van der Waals surface area contributed by atoms with E-state index in [-0.39, 0.29) is 6.10 Å². The minimum atomic E-state index is -0.479. The lowest BCUT2D eigenvalue weighted by atomic mass is 9.66. The smallest absolute Gasteiger partial charge is 0.129 e. The third-order valence-electron chi connectivity index (χ3n) is 12.1. The van der Waals surface area contributed by atoms with Crippen molar-refractivity contribution in [2.24, 2.45) is 0 Å². The highest BCUT2D eigenvalue weighted by atomic mass is 16.5. The fourth-order valence-corrected chi connectivity index (χ4v) is 9.47. The Morgan fingerprint density at radius 1 is 0.786 bits per heavy atom. The van der Waals surface area contributed by atoms with Gasteiger partial charge in [0.05, 0.1) is 16.8 Å². The molecule has 4 aliphatic rings. The zero-order chi connectivity index (χ0) is 37.6. The topological polar surface area (TPSA) is 12.5 Å². The van der Waals surface area contributed by atoms with Crippen LogP contribution >= 0.6 is 0 Å². The largest absolute Gasteiger partial charge is 0.485 e. The van der Waals surface area contributed by atoms with Gasteiger partial charge in [0.1, 0.15) is 11.9 Å². The maximum Gasteiger partial charge on any atom is 0.129 e. The molecule has 0 aromatic heterocycles. The van der Waals surface area contributed by atoms with Crippen LogP contribution < -0.4 is 9.64 Å². The first-order valence-electron chi connectivity index (χ1n) is 19.9. The van der Waals surface area contributed by atoms with Gasteiger partial charge < -0.3 is 9.64 Å². The fraction of sp³-hybridized carbons (Fsp3) is 0.148. The summed E-state index contributed by atoms with van der Waals surface area (Å²) in [5, 5.41) is 0. The minimum Gasteiger partial charge on any atom is -0.485 e. The second-order valence-corrected chi connectivity index (χ2v) is 15.2. The van der Waals surface area contributed by atoms with Crippen molar-refractivity contribution in [3.8, 4) is 16.9 Å². The van der Waals surface area contributed by atoms with E-state index in [1.54, 1.807) is 0 Å².